The zero-order valence-corrected chi connectivity index (χ0v) is 15.5. The molecule has 4 rings (SSSR count). The van der Waals surface area contributed by atoms with E-state index in [2.05, 4.69) is 29.4 Å². The van der Waals surface area contributed by atoms with Crippen LogP contribution in [0.5, 0.6) is 0 Å². The van der Waals surface area contributed by atoms with Gasteiger partial charge in [-0.25, -0.2) is 4.68 Å². The number of nitrogens with zero attached hydrogens (tertiary/aromatic N) is 3. The molecule has 0 N–H and O–H groups in total. The number of halogens is 1. The Kier molecular flexibility index (Phi) is 4.55. The van der Waals surface area contributed by atoms with Crippen molar-refractivity contribution in [1.29, 1.82) is 0 Å². The van der Waals surface area contributed by atoms with Gasteiger partial charge in [0.05, 0.1) is 5.69 Å². The van der Waals surface area contributed by atoms with Crippen molar-refractivity contribution in [2.45, 2.75) is 63.5 Å². The van der Waals surface area contributed by atoms with E-state index in [1.165, 1.54) is 16.7 Å². The van der Waals surface area contributed by atoms with Crippen LogP contribution in [0.2, 0.25) is 0 Å². The second kappa shape index (κ2) is 6.86. The van der Waals surface area contributed by atoms with Gasteiger partial charge in [0, 0.05) is 25.0 Å². The van der Waals surface area contributed by atoms with Gasteiger partial charge in [-0.3, -0.25) is 4.79 Å². The standard InChI is InChI=1S/C21H26FN3O/c1-14-19(20(22)24(2)23-14)21(26)25(16-12-13-16)18-11-7-6-10-17(18)15-8-4-3-5-9-15/h3-5,8-9,16-18H,6-7,10-13H2,1-2H3. The molecule has 2 aromatic rings. The van der Waals surface area contributed by atoms with E-state index in [-0.39, 0.29) is 23.6 Å². The first-order chi connectivity index (χ1) is 12.6. The number of rotatable bonds is 4. The minimum absolute atomic E-state index is 0.144. The first-order valence-electron chi connectivity index (χ1n) is 9.64. The lowest BCUT2D eigenvalue weighted by atomic mass is 9.79. The Morgan fingerprint density at radius 1 is 1.15 bits per heavy atom. The lowest BCUT2D eigenvalue weighted by Crippen LogP contribution is -2.47. The van der Waals surface area contributed by atoms with E-state index in [1.807, 2.05) is 11.0 Å². The summed E-state index contributed by atoms with van der Waals surface area (Å²) in [6, 6.07) is 10.9. The molecule has 2 aliphatic carbocycles. The Morgan fingerprint density at radius 3 is 2.46 bits per heavy atom. The average molecular weight is 355 g/mol. The zero-order chi connectivity index (χ0) is 18.3. The Bertz CT molecular complexity index is 797. The van der Waals surface area contributed by atoms with Crippen LogP contribution in [-0.4, -0.2) is 32.7 Å². The molecule has 0 spiro atoms. The van der Waals surface area contributed by atoms with Crippen molar-refractivity contribution in [3.63, 3.8) is 0 Å². The Balaban J connectivity index is 1.70. The molecule has 1 amide bonds. The van der Waals surface area contributed by atoms with Gasteiger partial charge in [0.1, 0.15) is 5.56 Å². The molecule has 1 aromatic carbocycles. The molecular weight excluding hydrogens is 329 g/mol. The molecule has 2 atom stereocenters. The lowest BCUT2D eigenvalue weighted by Gasteiger charge is -2.40. The van der Waals surface area contributed by atoms with E-state index in [9.17, 15) is 9.18 Å². The van der Waals surface area contributed by atoms with E-state index in [0.29, 0.717) is 11.6 Å². The number of benzene rings is 1. The lowest BCUT2D eigenvalue weighted by molar-refractivity contribution is 0.0573. The van der Waals surface area contributed by atoms with Crippen molar-refractivity contribution in [2.24, 2.45) is 7.05 Å². The molecule has 0 aliphatic heterocycles. The molecule has 2 unspecified atom stereocenters. The predicted molar refractivity (Wildman–Crippen MR) is 98.5 cm³/mol. The third-order valence-electron chi connectivity index (χ3n) is 5.86. The van der Waals surface area contributed by atoms with Crippen molar-refractivity contribution in [2.75, 3.05) is 0 Å². The van der Waals surface area contributed by atoms with Crippen molar-refractivity contribution < 1.29 is 9.18 Å². The normalized spacial score (nSPS) is 23.0. The van der Waals surface area contributed by atoms with Crippen molar-refractivity contribution in [1.82, 2.24) is 14.7 Å². The summed E-state index contributed by atoms with van der Waals surface area (Å²) in [7, 11) is 1.55. The molecule has 0 radical (unpaired) electrons. The minimum atomic E-state index is -0.523. The van der Waals surface area contributed by atoms with E-state index in [0.717, 1.165) is 32.1 Å². The molecule has 5 heteroatoms. The van der Waals surface area contributed by atoms with E-state index in [1.54, 1.807) is 14.0 Å². The first-order valence-corrected chi connectivity index (χ1v) is 9.64. The second-order valence-electron chi connectivity index (χ2n) is 7.69. The van der Waals surface area contributed by atoms with Crippen LogP contribution in [0.15, 0.2) is 30.3 Å². The molecule has 4 nitrogen and oxygen atoms in total. The molecule has 1 aromatic heterocycles. The second-order valence-corrected chi connectivity index (χ2v) is 7.69. The van der Waals surface area contributed by atoms with Crippen LogP contribution in [-0.2, 0) is 7.05 Å². The van der Waals surface area contributed by atoms with E-state index < -0.39 is 5.95 Å². The number of amides is 1. The van der Waals surface area contributed by atoms with Crippen LogP contribution >= 0.6 is 0 Å². The maximum absolute atomic E-state index is 14.6. The van der Waals surface area contributed by atoms with Crippen LogP contribution in [0.3, 0.4) is 0 Å². The maximum atomic E-state index is 14.6. The highest BCUT2D eigenvalue weighted by Crippen LogP contribution is 2.41. The highest BCUT2D eigenvalue weighted by atomic mass is 19.1. The molecule has 2 fully saturated rings. The van der Waals surface area contributed by atoms with E-state index in [4.69, 9.17) is 0 Å². The van der Waals surface area contributed by atoms with E-state index >= 15 is 0 Å². The van der Waals surface area contributed by atoms with Gasteiger partial charge >= 0.3 is 0 Å². The number of hydrogen-bond acceptors (Lipinski definition) is 2. The van der Waals surface area contributed by atoms with Gasteiger partial charge in [0.25, 0.3) is 5.91 Å². The third-order valence-corrected chi connectivity index (χ3v) is 5.86. The van der Waals surface area contributed by atoms with Crippen molar-refractivity contribution in [3.8, 4) is 0 Å². The largest absolute Gasteiger partial charge is 0.332 e. The number of aryl methyl sites for hydroxylation is 2. The number of carbonyl (C=O) groups is 1. The summed E-state index contributed by atoms with van der Waals surface area (Å²) < 4.78 is 15.7. The maximum Gasteiger partial charge on any atom is 0.260 e. The smallest absolute Gasteiger partial charge is 0.260 e. The summed E-state index contributed by atoms with van der Waals surface area (Å²) in [4.78, 5) is 15.4. The fourth-order valence-electron chi connectivity index (χ4n) is 4.48. The van der Waals surface area contributed by atoms with Crippen LogP contribution in [0.4, 0.5) is 4.39 Å². The van der Waals surface area contributed by atoms with Gasteiger partial charge in [-0.2, -0.15) is 9.49 Å². The van der Waals surface area contributed by atoms with Crippen molar-refractivity contribution in [3.05, 3.63) is 53.1 Å². The predicted octanol–water partition coefficient (Wildman–Crippen LogP) is 4.20. The molecule has 0 saturated heterocycles. The van der Waals surface area contributed by atoms with Gasteiger partial charge in [-0.1, -0.05) is 43.2 Å². The highest BCUT2D eigenvalue weighted by molar-refractivity contribution is 5.96. The topological polar surface area (TPSA) is 38.1 Å². The summed E-state index contributed by atoms with van der Waals surface area (Å²) in [6.07, 6.45) is 6.42. The van der Waals surface area contributed by atoms with Gasteiger partial charge in [0.2, 0.25) is 5.95 Å². The van der Waals surface area contributed by atoms with Gasteiger partial charge in [-0.15, -0.1) is 0 Å². The third kappa shape index (κ3) is 3.04. The quantitative estimate of drug-likeness (QED) is 0.824. The van der Waals surface area contributed by atoms with Crippen LogP contribution < -0.4 is 0 Å². The van der Waals surface area contributed by atoms with Crippen LogP contribution in [0, 0.1) is 12.9 Å². The number of hydrogen-bond donors (Lipinski definition) is 0. The molecule has 26 heavy (non-hydrogen) atoms. The zero-order valence-electron chi connectivity index (χ0n) is 15.5. The molecule has 1 heterocycles. The SMILES string of the molecule is Cc1nn(C)c(F)c1C(=O)N(C1CC1)C1CCCCC1c1ccccc1. The Labute approximate surface area is 154 Å². The number of aromatic nitrogens is 2. The first kappa shape index (κ1) is 17.3. The Hall–Kier alpha value is -2.17. The molecule has 0 bridgehead atoms. The van der Waals surface area contributed by atoms with Crippen LogP contribution in [0.1, 0.15) is 66.1 Å². The monoisotopic (exact) mass is 355 g/mol. The van der Waals surface area contributed by atoms with Gasteiger partial charge in [-0.05, 0) is 38.2 Å². The summed E-state index contributed by atoms with van der Waals surface area (Å²) in [5.74, 6) is -0.372. The fourth-order valence-corrected chi connectivity index (χ4v) is 4.48. The van der Waals surface area contributed by atoms with Gasteiger partial charge in [0.15, 0.2) is 0 Å². The molecule has 2 aliphatic rings. The molecule has 138 valence electrons. The van der Waals surface area contributed by atoms with Crippen molar-refractivity contribution >= 4 is 5.91 Å². The Morgan fingerprint density at radius 2 is 1.85 bits per heavy atom. The summed E-state index contributed by atoms with van der Waals surface area (Å²) in [6.45, 7) is 1.72. The molecule has 2 saturated carbocycles. The summed E-state index contributed by atoms with van der Waals surface area (Å²) in [5.41, 5.74) is 1.92. The number of carbonyl (C=O) groups excluding carboxylic acids is 1. The van der Waals surface area contributed by atoms with Crippen LogP contribution in [0.25, 0.3) is 0 Å². The van der Waals surface area contributed by atoms with Gasteiger partial charge < -0.3 is 4.90 Å². The summed E-state index contributed by atoms with van der Waals surface area (Å²) >= 11 is 0. The minimum Gasteiger partial charge on any atom is -0.332 e. The molecular formula is C21H26FN3O. The summed E-state index contributed by atoms with van der Waals surface area (Å²) in [5, 5.41) is 4.11. The highest BCUT2D eigenvalue weighted by Gasteiger charge is 2.43. The fraction of sp³-hybridized carbons (Fsp3) is 0.524. The average Bonchev–Trinajstić information content (AvgIpc) is 3.44.